The third-order valence-electron chi connectivity index (χ3n) is 3.21. The first-order chi connectivity index (χ1) is 7.61. The summed E-state index contributed by atoms with van der Waals surface area (Å²) >= 11 is 0. The molecule has 2 fully saturated rings. The van der Waals surface area contributed by atoms with Gasteiger partial charge >= 0.3 is 0 Å². The van der Waals surface area contributed by atoms with E-state index in [1.807, 2.05) is 0 Å². The van der Waals surface area contributed by atoms with Crippen molar-refractivity contribution in [3.63, 3.8) is 0 Å². The van der Waals surface area contributed by atoms with Crippen LogP contribution in [0.2, 0.25) is 0 Å². The lowest BCUT2D eigenvalue weighted by molar-refractivity contribution is -0.425. The van der Waals surface area contributed by atoms with Gasteiger partial charge in [-0.15, -0.1) is 0 Å². The van der Waals surface area contributed by atoms with Crippen LogP contribution in [0.1, 0.15) is 39.0 Å². The molecule has 1 saturated heterocycles. The summed E-state index contributed by atoms with van der Waals surface area (Å²) in [5.41, 5.74) is 0.126. The number of hydrogen-bond donors (Lipinski definition) is 0. The maximum absolute atomic E-state index is 10.5. The topological polar surface area (TPSA) is 61.6 Å². The summed E-state index contributed by atoms with van der Waals surface area (Å²) in [5.74, 6) is -0.448. The first kappa shape index (κ1) is 11.5. The van der Waals surface area contributed by atoms with Gasteiger partial charge in [-0.1, -0.05) is 6.42 Å². The highest BCUT2D eigenvalue weighted by Crippen LogP contribution is 2.38. The van der Waals surface area contributed by atoms with E-state index in [-0.39, 0.29) is 11.8 Å². The Kier molecular flexibility index (Phi) is 3.25. The van der Waals surface area contributed by atoms with Gasteiger partial charge in [-0.05, 0) is 12.8 Å². The fraction of sp³-hybridized carbons (Fsp3) is 0.818. The molecule has 0 aromatic heterocycles. The average Bonchev–Trinajstić information content (AvgIpc) is 2.62. The zero-order valence-corrected chi connectivity index (χ0v) is 9.48. The molecule has 1 aliphatic carbocycles. The molecule has 1 spiro atoms. The summed E-state index contributed by atoms with van der Waals surface area (Å²) in [5, 5.41) is 10.5. The molecule has 0 N–H and O–H groups in total. The molecule has 16 heavy (non-hydrogen) atoms. The van der Waals surface area contributed by atoms with E-state index in [0.717, 1.165) is 25.7 Å². The fourth-order valence-electron chi connectivity index (χ4n) is 2.34. The molecule has 0 unspecified atom stereocenters. The molecule has 0 aromatic carbocycles. The average molecular weight is 227 g/mol. The zero-order chi connectivity index (χ0) is 11.6. The van der Waals surface area contributed by atoms with Gasteiger partial charge in [-0.25, -0.2) is 0 Å². The predicted molar refractivity (Wildman–Crippen MR) is 57.4 cm³/mol. The Morgan fingerprint density at radius 3 is 2.75 bits per heavy atom. The summed E-state index contributed by atoms with van der Waals surface area (Å²) in [7, 11) is 0. The summed E-state index contributed by atoms with van der Waals surface area (Å²) in [4.78, 5) is 10.1. The second-order valence-electron chi connectivity index (χ2n) is 4.50. The van der Waals surface area contributed by atoms with E-state index in [4.69, 9.17) is 9.47 Å². The predicted octanol–water partition coefficient (Wildman–Crippen LogP) is 2.24. The molecule has 2 rings (SSSR count). The lowest BCUT2D eigenvalue weighted by atomic mass is 9.94. The number of rotatable bonds is 2. The van der Waals surface area contributed by atoms with Crippen molar-refractivity contribution in [2.75, 3.05) is 6.61 Å². The molecule has 0 aromatic rings. The van der Waals surface area contributed by atoms with E-state index in [1.54, 1.807) is 6.08 Å². The maximum atomic E-state index is 10.5. The minimum Gasteiger partial charge on any atom is -0.347 e. The molecule has 5 nitrogen and oxygen atoms in total. The van der Waals surface area contributed by atoms with Crippen molar-refractivity contribution in [1.29, 1.82) is 0 Å². The summed E-state index contributed by atoms with van der Waals surface area (Å²) < 4.78 is 11.5. The van der Waals surface area contributed by atoms with Crippen molar-refractivity contribution in [2.24, 2.45) is 0 Å². The van der Waals surface area contributed by atoms with Gasteiger partial charge in [0, 0.05) is 25.8 Å². The van der Waals surface area contributed by atoms with E-state index in [0.29, 0.717) is 6.61 Å². The van der Waals surface area contributed by atoms with Crippen molar-refractivity contribution in [3.8, 4) is 0 Å². The third-order valence-corrected chi connectivity index (χ3v) is 3.21. The highest BCUT2D eigenvalue weighted by Gasteiger charge is 2.41. The Morgan fingerprint density at radius 2 is 2.12 bits per heavy atom. The van der Waals surface area contributed by atoms with Crippen LogP contribution in [-0.4, -0.2) is 23.4 Å². The number of nitrogens with zero attached hydrogens (tertiary/aromatic N) is 1. The molecular weight excluding hydrogens is 210 g/mol. The first-order valence-corrected chi connectivity index (χ1v) is 5.76. The highest BCUT2D eigenvalue weighted by atomic mass is 16.7. The standard InChI is InChI=1S/C11H17NO4/c1-9(12(13)14)7-10-8-15-11(16-10)5-3-2-4-6-11/h7,10H,2-6,8H2,1H3/b9-7-/t10-/m0/s1. The molecule has 90 valence electrons. The van der Waals surface area contributed by atoms with Crippen molar-refractivity contribution in [2.45, 2.75) is 50.9 Å². The lowest BCUT2D eigenvalue weighted by Crippen LogP contribution is -2.33. The van der Waals surface area contributed by atoms with Crippen LogP contribution in [0.4, 0.5) is 0 Å². The molecule has 1 saturated carbocycles. The molecule has 1 aliphatic heterocycles. The Labute approximate surface area is 94.6 Å². The number of allylic oxidation sites excluding steroid dienone is 1. The minimum absolute atomic E-state index is 0.126. The van der Waals surface area contributed by atoms with Gasteiger partial charge in [0.15, 0.2) is 5.79 Å². The van der Waals surface area contributed by atoms with Crippen LogP contribution in [-0.2, 0) is 9.47 Å². The van der Waals surface area contributed by atoms with Crippen LogP contribution < -0.4 is 0 Å². The smallest absolute Gasteiger partial charge is 0.241 e. The number of hydrogen-bond acceptors (Lipinski definition) is 4. The molecule has 5 heteroatoms. The van der Waals surface area contributed by atoms with E-state index < -0.39 is 10.7 Å². The summed E-state index contributed by atoms with van der Waals surface area (Å²) in [6.45, 7) is 1.92. The van der Waals surface area contributed by atoms with Crippen molar-refractivity contribution in [3.05, 3.63) is 21.9 Å². The van der Waals surface area contributed by atoms with E-state index in [2.05, 4.69) is 0 Å². The van der Waals surface area contributed by atoms with Gasteiger partial charge in [-0.3, -0.25) is 10.1 Å². The van der Waals surface area contributed by atoms with E-state index >= 15 is 0 Å². The highest BCUT2D eigenvalue weighted by molar-refractivity contribution is 4.98. The quantitative estimate of drug-likeness (QED) is 0.536. The maximum Gasteiger partial charge on any atom is 0.241 e. The van der Waals surface area contributed by atoms with Crippen LogP contribution in [0.25, 0.3) is 0 Å². The van der Waals surface area contributed by atoms with E-state index in [1.165, 1.54) is 13.3 Å². The molecule has 0 amide bonds. The summed E-state index contributed by atoms with van der Waals surface area (Å²) in [6, 6.07) is 0. The molecular formula is C11H17NO4. The summed E-state index contributed by atoms with van der Waals surface area (Å²) in [6.07, 6.45) is 6.56. The van der Waals surface area contributed by atoms with Crippen LogP contribution in [0.15, 0.2) is 11.8 Å². The van der Waals surface area contributed by atoms with Gasteiger partial charge in [0.25, 0.3) is 0 Å². The molecule has 2 aliphatic rings. The van der Waals surface area contributed by atoms with Gasteiger partial charge in [0.2, 0.25) is 5.70 Å². The number of ether oxygens (including phenoxy) is 2. The monoisotopic (exact) mass is 227 g/mol. The molecule has 1 atom stereocenters. The second-order valence-corrected chi connectivity index (χ2v) is 4.50. The van der Waals surface area contributed by atoms with Gasteiger partial charge in [0.1, 0.15) is 6.10 Å². The Hall–Kier alpha value is -0.940. The van der Waals surface area contributed by atoms with Crippen LogP contribution in [0.5, 0.6) is 0 Å². The third kappa shape index (κ3) is 2.41. The largest absolute Gasteiger partial charge is 0.347 e. The Balaban J connectivity index is 1.97. The van der Waals surface area contributed by atoms with Gasteiger partial charge < -0.3 is 9.47 Å². The lowest BCUT2D eigenvalue weighted by Gasteiger charge is -2.31. The second kappa shape index (κ2) is 4.51. The minimum atomic E-state index is -0.448. The number of nitro groups is 1. The SMILES string of the molecule is C/C(=C/[C@H]1COC2(CCCCC2)O1)[N+](=O)[O-]. The van der Waals surface area contributed by atoms with Crippen LogP contribution >= 0.6 is 0 Å². The molecule has 0 radical (unpaired) electrons. The molecule has 1 heterocycles. The van der Waals surface area contributed by atoms with Gasteiger partial charge in [0.05, 0.1) is 11.5 Å². The van der Waals surface area contributed by atoms with Gasteiger partial charge in [-0.2, -0.15) is 0 Å². The normalized spacial score (nSPS) is 29.6. The van der Waals surface area contributed by atoms with Crippen molar-refractivity contribution in [1.82, 2.24) is 0 Å². The molecule has 0 bridgehead atoms. The first-order valence-electron chi connectivity index (χ1n) is 5.76. The van der Waals surface area contributed by atoms with E-state index in [9.17, 15) is 10.1 Å². The van der Waals surface area contributed by atoms with Crippen LogP contribution in [0, 0.1) is 10.1 Å². The van der Waals surface area contributed by atoms with Crippen molar-refractivity contribution < 1.29 is 14.4 Å². The zero-order valence-electron chi connectivity index (χ0n) is 9.48. The van der Waals surface area contributed by atoms with Crippen LogP contribution in [0.3, 0.4) is 0 Å². The Bertz CT molecular complexity index is 307. The Morgan fingerprint density at radius 1 is 1.44 bits per heavy atom. The van der Waals surface area contributed by atoms with Crippen molar-refractivity contribution >= 4 is 0 Å². The fourth-order valence-corrected chi connectivity index (χ4v) is 2.34.